The predicted molar refractivity (Wildman–Crippen MR) is 101 cm³/mol. The lowest BCUT2D eigenvalue weighted by Gasteiger charge is -2.05. The van der Waals surface area contributed by atoms with Gasteiger partial charge in [-0.25, -0.2) is 4.39 Å². The van der Waals surface area contributed by atoms with E-state index in [9.17, 15) is 4.39 Å². The monoisotopic (exact) mass is 362 g/mol. The molecule has 6 N–H and O–H groups in total. The van der Waals surface area contributed by atoms with Crippen molar-refractivity contribution in [2.75, 3.05) is 0 Å². The van der Waals surface area contributed by atoms with Gasteiger partial charge in [0.2, 0.25) is 0 Å². The van der Waals surface area contributed by atoms with Crippen LogP contribution in [0.15, 0.2) is 34.7 Å². The molecule has 5 nitrogen and oxygen atoms in total. The minimum absolute atomic E-state index is 0.143. The third kappa shape index (κ3) is 3.24. The number of para-hydroxylation sites is 1. The molecule has 0 atom stereocenters. The summed E-state index contributed by atoms with van der Waals surface area (Å²) in [4.78, 5) is 0. The Bertz CT molecular complexity index is 954. The van der Waals surface area contributed by atoms with Gasteiger partial charge >= 0.3 is 0 Å². The Hall–Kier alpha value is -2.45. The maximum atomic E-state index is 14.0. The summed E-state index contributed by atoms with van der Waals surface area (Å²) in [5, 5.41) is 7.58. The van der Waals surface area contributed by atoms with Crippen molar-refractivity contribution in [3.8, 4) is 0 Å². The van der Waals surface area contributed by atoms with E-state index in [1.165, 1.54) is 12.1 Å². The Morgan fingerprint density at radius 1 is 0.958 bits per heavy atom. The van der Waals surface area contributed by atoms with Crippen molar-refractivity contribution in [3.05, 3.63) is 47.3 Å². The first-order valence-corrected chi connectivity index (χ1v) is 7.96. The lowest BCUT2D eigenvalue weighted by molar-refractivity contribution is 0.619. The van der Waals surface area contributed by atoms with Gasteiger partial charge in [-0.3, -0.25) is 0 Å². The number of fused-ring (bicyclic) bond motifs is 3. The van der Waals surface area contributed by atoms with Gasteiger partial charge in [-0.15, -0.1) is 0 Å². The second-order valence-corrected chi connectivity index (χ2v) is 6.15. The smallest absolute Gasteiger partial charge is 0.163 e. The number of hydrogen-bond acceptors (Lipinski definition) is 3. The van der Waals surface area contributed by atoms with Gasteiger partial charge in [-0.1, -0.05) is 18.2 Å². The summed E-state index contributed by atoms with van der Waals surface area (Å²) in [5.74, 6) is -0.350. The number of nitrogens with two attached hydrogens (primary N) is 2. The zero-order valence-corrected chi connectivity index (χ0v) is 14.2. The van der Waals surface area contributed by atoms with E-state index in [2.05, 4.69) is 10.6 Å². The Kier molecular flexibility index (Phi) is 4.50. The van der Waals surface area contributed by atoms with Crippen LogP contribution in [0.4, 0.5) is 4.39 Å². The quantitative estimate of drug-likeness (QED) is 0.530. The molecule has 3 aromatic rings. The normalized spacial score (nSPS) is 10.9. The van der Waals surface area contributed by atoms with Crippen LogP contribution in [0.3, 0.4) is 0 Å². The molecule has 0 spiro atoms. The maximum Gasteiger partial charge on any atom is 0.163 e. The molecule has 8 heteroatoms. The van der Waals surface area contributed by atoms with Gasteiger partial charge in [-0.2, -0.15) is 0 Å². The van der Waals surface area contributed by atoms with Crippen LogP contribution in [0.2, 0.25) is 0 Å². The highest BCUT2D eigenvalue weighted by atomic mass is 32.1. The van der Waals surface area contributed by atoms with E-state index in [1.807, 2.05) is 18.2 Å². The topological polar surface area (TPSA) is 89.2 Å². The van der Waals surface area contributed by atoms with Gasteiger partial charge in [0.25, 0.3) is 0 Å². The number of rotatable bonds is 4. The fourth-order valence-electron chi connectivity index (χ4n) is 2.63. The summed E-state index contributed by atoms with van der Waals surface area (Å²) in [5.41, 5.74) is 13.7. The Balaban J connectivity index is 2.15. The third-order valence-electron chi connectivity index (χ3n) is 3.63. The summed E-state index contributed by atoms with van der Waals surface area (Å²) in [6.07, 6.45) is 0. The van der Waals surface area contributed by atoms with Crippen LogP contribution in [0, 0.1) is 5.82 Å². The molecule has 124 valence electrons. The molecule has 0 aliphatic heterocycles. The molecule has 24 heavy (non-hydrogen) atoms. The molecule has 2 aromatic carbocycles. The van der Waals surface area contributed by atoms with Gasteiger partial charge in [-0.05, 0) is 36.6 Å². The lowest BCUT2D eigenvalue weighted by atomic mass is 10.1. The van der Waals surface area contributed by atoms with Crippen LogP contribution in [-0.4, -0.2) is 10.2 Å². The molecule has 1 heterocycles. The number of thiocarbonyl (C=S) groups is 2. The third-order valence-corrected chi connectivity index (χ3v) is 3.92. The molecular weight excluding hydrogens is 347 g/mol. The molecular formula is C16H15FN4OS2. The molecule has 3 rings (SSSR count). The van der Waals surface area contributed by atoms with E-state index in [0.29, 0.717) is 28.7 Å². The summed E-state index contributed by atoms with van der Waals surface area (Å²) in [6.45, 7) is 0.708. The highest BCUT2D eigenvalue weighted by Crippen LogP contribution is 2.33. The predicted octanol–water partition coefficient (Wildman–Crippen LogP) is 2.39. The zero-order chi connectivity index (χ0) is 17.3. The number of furan rings is 1. The van der Waals surface area contributed by atoms with Gasteiger partial charge in [0, 0.05) is 35.0 Å². The fourth-order valence-corrected chi connectivity index (χ4v) is 2.77. The Morgan fingerprint density at radius 2 is 1.58 bits per heavy atom. The van der Waals surface area contributed by atoms with E-state index >= 15 is 0 Å². The van der Waals surface area contributed by atoms with Crippen molar-refractivity contribution >= 4 is 56.6 Å². The summed E-state index contributed by atoms with van der Waals surface area (Å²) < 4.78 is 20.0. The van der Waals surface area contributed by atoms with Crippen LogP contribution in [0.1, 0.15) is 11.1 Å². The van der Waals surface area contributed by atoms with Crippen LogP contribution in [0.5, 0.6) is 0 Å². The standard InChI is InChI=1S/C16H15FN4OS2/c17-10-4-9(7-21-16(19)24)14-12(5-10)11-3-1-2-8(13(11)22-14)6-20-15(18)23/h1-5H,6-7H2,(H3,18,20,23)(H3,19,21,24). The first-order chi connectivity index (χ1) is 11.5. The van der Waals surface area contributed by atoms with Crippen molar-refractivity contribution in [1.29, 1.82) is 0 Å². The van der Waals surface area contributed by atoms with Crippen LogP contribution >= 0.6 is 24.4 Å². The molecule has 0 fully saturated rings. The highest BCUT2D eigenvalue weighted by Gasteiger charge is 2.15. The fraction of sp³-hybridized carbons (Fsp3) is 0.125. The van der Waals surface area contributed by atoms with Gasteiger partial charge in [0.05, 0.1) is 0 Å². The Labute approximate surface area is 148 Å². The van der Waals surface area contributed by atoms with E-state index in [-0.39, 0.29) is 22.6 Å². The maximum absolute atomic E-state index is 14.0. The first kappa shape index (κ1) is 16.4. The van der Waals surface area contributed by atoms with Crippen molar-refractivity contribution < 1.29 is 8.81 Å². The molecule has 0 radical (unpaired) electrons. The molecule has 0 saturated carbocycles. The van der Waals surface area contributed by atoms with Gasteiger partial charge < -0.3 is 26.5 Å². The molecule has 0 aliphatic rings. The average molecular weight is 362 g/mol. The number of halogens is 1. The highest BCUT2D eigenvalue weighted by molar-refractivity contribution is 7.80. The summed E-state index contributed by atoms with van der Waals surface area (Å²) in [6, 6.07) is 8.53. The molecule has 1 aromatic heterocycles. The average Bonchev–Trinajstić information content (AvgIpc) is 2.89. The van der Waals surface area contributed by atoms with Crippen molar-refractivity contribution in [2.45, 2.75) is 13.1 Å². The molecule has 0 aliphatic carbocycles. The van der Waals surface area contributed by atoms with Crippen molar-refractivity contribution in [2.24, 2.45) is 11.5 Å². The minimum Gasteiger partial charge on any atom is -0.455 e. The zero-order valence-electron chi connectivity index (χ0n) is 12.6. The number of nitrogens with one attached hydrogen (secondary N) is 2. The first-order valence-electron chi connectivity index (χ1n) is 7.15. The minimum atomic E-state index is -0.350. The second kappa shape index (κ2) is 6.58. The number of hydrogen-bond donors (Lipinski definition) is 4. The summed E-state index contributed by atoms with van der Waals surface area (Å²) >= 11 is 9.64. The molecule has 0 saturated heterocycles. The molecule has 0 unspecified atom stereocenters. The van der Waals surface area contributed by atoms with Gasteiger partial charge in [0.15, 0.2) is 10.2 Å². The lowest BCUT2D eigenvalue weighted by Crippen LogP contribution is -2.28. The summed E-state index contributed by atoms with van der Waals surface area (Å²) in [7, 11) is 0. The van der Waals surface area contributed by atoms with E-state index < -0.39 is 0 Å². The number of benzene rings is 2. The largest absolute Gasteiger partial charge is 0.455 e. The molecule has 0 amide bonds. The van der Waals surface area contributed by atoms with Crippen LogP contribution in [-0.2, 0) is 13.1 Å². The van der Waals surface area contributed by atoms with Crippen molar-refractivity contribution in [3.63, 3.8) is 0 Å². The van der Waals surface area contributed by atoms with Gasteiger partial charge in [0.1, 0.15) is 17.0 Å². The van der Waals surface area contributed by atoms with E-state index in [4.69, 9.17) is 40.3 Å². The van der Waals surface area contributed by atoms with Crippen molar-refractivity contribution in [1.82, 2.24) is 10.6 Å². The van der Waals surface area contributed by atoms with E-state index in [1.54, 1.807) is 0 Å². The van der Waals surface area contributed by atoms with Crippen LogP contribution < -0.4 is 22.1 Å². The molecule has 0 bridgehead atoms. The van der Waals surface area contributed by atoms with E-state index in [0.717, 1.165) is 10.9 Å². The van der Waals surface area contributed by atoms with Crippen LogP contribution in [0.25, 0.3) is 21.9 Å². The second-order valence-electron chi connectivity index (χ2n) is 5.27. The Morgan fingerprint density at radius 3 is 2.25 bits per heavy atom. The SMILES string of the molecule is NC(=S)NCc1cccc2c1oc1c(CNC(N)=S)cc(F)cc12.